The molecule has 0 amide bonds. The summed E-state index contributed by atoms with van der Waals surface area (Å²) in [5.41, 5.74) is 8.00. The van der Waals surface area contributed by atoms with Crippen LogP contribution in [0.3, 0.4) is 0 Å². The van der Waals surface area contributed by atoms with E-state index in [2.05, 4.69) is 9.98 Å². The lowest BCUT2D eigenvalue weighted by Gasteiger charge is -2.14. The van der Waals surface area contributed by atoms with Crippen molar-refractivity contribution >= 4 is 33.4 Å². The number of allylic oxidation sites excluding steroid dienone is 1. The van der Waals surface area contributed by atoms with Crippen molar-refractivity contribution in [3.8, 4) is 0 Å². The van der Waals surface area contributed by atoms with Crippen LogP contribution in [0.15, 0.2) is 72.8 Å². The molecule has 154 valence electrons. The molecule has 0 bridgehead atoms. The average molecular weight is 417 g/mol. The molecule has 5 rings (SSSR count). The molecule has 0 fully saturated rings. The summed E-state index contributed by atoms with van der Waals surface area (Å²) >= 11 is 0. The second-order valence-electron chi connectivity index (χ2n) is 7.79. The van der Waals surface area contributed by atoms with Gasteiger partial charge in [0.2, 0.25) is 5.69 Å². The maximum atomic E-state index is 13.2. The predicted molar refractivity (Wildman–Crippen MR) is 118 cm³/mol. The van der Waals surface area contributed by atoms with Gasteiger partial charge in [-0.25, -0.2) is 4.99 Å². The van der Waals surface area contributed by atoms with E-state index in [4.69, 9.17) is 0 Å². The molecule has 0 aliphatic carbocycles. The van der Waals surface area contributed by atoms with Gasteiger partial charge in [0.15, 0.2) is 5.71 Å². The molecule has 0 spiro atoms. The first-order valence-electron chi connectivity index (χ1n) is 10.0. The topological polar surface area (TPSA) is 29.8 Å². The number of hydrogen-bond donors (Lipinski definition) is 2. The molecule has 3 aromatic carbocycles. The molecule has 2 nitrogen and oxygen atoms in total. The molecule has 1 aliphatic heterocycles. The van der Waals surface area contributed by atoms with Gasteiger partial charge in [0.25, 0.3) is 0 Å². The molecule has 1 aromatic heterocycles. The molecule has 4 aromatic rings. The van der Waals surface area contributed by atoms with Gasteiger partial charge in [0, 0.05) is 40.7 Å². The van der Waals surface area contributed by atoms with Crippen LogP contribution < -0.4 is 4.99 Å². The number of halogens is 3. The summed E-state index contributed by atoms with van der Waals surface area (Å²) < 4.78 is 39.6. The monoisotopic (exact) mass is 417 g/mol. The minimum absolute atomic E-state index is 0.651. The normalized spacial score (nSPS) is 15.2. The summed E-state index contributed by atoms with van der Waals surface area (Å²) in [7, 11) is 0. The van der Waals surface area contributed by atoms with Gasteiger partial charge in [-0.1, -0.05) is 42.5 Å². The molecule has 0 unspecified atom stereocenters. The number of fused-ring (bicyclic) bond motifs is 2. The Labute approximate surface area is 177 Å². The van der Waals surface area contributed by atoms with Crippen molar-refractivity contribution in [2.75, 3.05) is 0 Å². The highest BCUT2D eigenvalue weighted by Gasteiger charge is 2.32. The Morgan fingerprint density at radius 2 is 1.52 bits per heavy atom. The Morgan fingerprint density at radius 1 is 0.839 bits per heavy atom. The van der Waals surface area contributed by atoms with E-state index in [1.54, 1.807) is 12.1 Å². The first kappa shape index (κ1) is 19.4. The maximum Gasteiger partial charge on any atom is 0.416 e. The fourth-order valence-electron chi connectivity index (χ4n) is 4.44. The summed E-state index contributed by atoms with van der Waals surface area (Å²) in [6, 6.07) is 21.5. The van der Waals surface area contributed by atoms with Crippen molar-refractivity contribution in [2.45, 2.75) is 20.0 Å². The van der Waals surface area contributed by atoms with E-state index in [1.807, 2.05) is 62.4 Å². The number of aryl methyl sites for hydroxylation is 1. The molecule has 0 atom stereocenters. The molecule has 0 saturated carbocycles. The van der Waals surface area contributed by atoms with Gasteiger partial charge in [0.05, 0.1) is 16.7 Å². The third kappa shape index (κ3) is 3.17. The second kappa shape index (κ2) is 6.98. The van der Waals surface area contributed by atoms with Gasteiger partial charge in [-0.3, -0.25) is 0 Å². The number of H-pyrrole nitrogens is 1. The van der Waals surface area contributed by atoms with Gasteiger partial charge in [0.1, 0.15) is 0 Å². The molecule has 1 aliphatic rings. The van der Waals surface area contributed by atoms with Crippen LogP contribution in [0.4, 0.5) is 18.9 Å². The van der Waals surface area contributed by atoms with Crippen LogP contribution in [0.2, 0.25) is 0 Å². The summed E-state index contributed by atoms with van der Waals surface area (Å²) in [6.45, 7) is 4.01. The average Bonchev–Trinajstić information content (AvgIpc) is 3.25. The third-order valence-corrected chi connectivity index (χ3v) is 5.79. The number of benzene rings is 3. The van der Waals surface area contributed by atoms with Crippen LogP contribution in [0, 0.1) is 6.92 Å². The molecule has 0 radical (unpaired) electrons. The summed E-state index contributed by atoms with van der Waals surface area (Å²) in [5, 5.41) is 1.04. The summed E-state index contributed by atoms with van der Waals surface area (Å²) in [6.07, 6.45) is -4.37. The van der Waals surface area contributed by atoms with Crippen molar-refractivity contribution in [1.29, 1.82) is 0 Å². The molecule has 2 heterocycles. The lowest BCUT2D eigenvalue weighted by atomic mass is 9.86. The predicted octanol–water partition coefficient (Wildman–Crippen LogP) is 5.64. The quantitative estimate of drug-likeness (QED) is 0.423. The Hall–Kier alpha value is -3.60. The SMILES string of the molecule is CC1=[NH+]c2ccccc2C1=C(c1ccc(C(F)(F)F)cc1)c1c(C)[nH]c2ccccc12. The maximum absolute atomic E-state index is 13.2. The number of aromatic nitrogens is 1. The largest absolute Gasteiger partial charge is 0.416 e. The smallest absolute Gasteiger partial charge is 0.358 e. The number of nitrogens with one attached hydrogen (secondary N) is 2. The van der Waals surface area contributed by atoms with E-state index in [1.165, 1.54) is 0 Å². The van der Waals surface area contributed by atoms with Crippen LogP contribution >= 0.6 is 0 Å². The molecular formula is C26H20F3N2+. The fourth-order valence-corrected chi connectivity index (χ4v) is 4.44. The zero-order valence-corrected chi connectivity index (χ0v) is 17.1. The van der Waals surface area contributed by atoms with E-state index >= 15 is 0 Å². The van der Waals surface area contributed by atoms with Crippen LogP contribution in [0.1, 0.15) is 34.9 Å². The minimum atomic E-state index is -4.37. The zero-order chi connectivity index (χ0) is 21.8. The Bertz CT molecular complexity index is 1370. The summed E-state index contributed by atoms with van der Waals surface area (Å²) in [5.74, 6) is 0. The van der Waals surface area contributed by atoms with E-state index in [0.29, 0.717) is 0 Å². The Balaban J connectivity index is 1.85. The standard InChI is InChI=1S/C26H19F3N2/c1-15-23(19-7-3-5-9-21(19)30-15)25(17-11-13-18(14-12-17)26(27,28)29)24-16(2)31-22-10-6-4-8-20(22)24/h3-14,30H,1-2H3/p+1. The highest BCUT2D eigenvalue weighted by molar-refractivity contribution is 6.32. The first-order chi connectivity index (χ1) is 14.8. The second-order valence-corrected chi connectivity index (χ2v) is 7.79. The highest BCUT2D eigenvalue weighted by atomic mass is 19.4. The molecule has 31 heavy (non-hydrogen) atoms. The molecule has 2 N–H and O–H groups in total. The van der Waals surface area contributed by atoms with E-state index in [0.717, 1.165) is 68.0 Å². The highest BCUT2D eigenvalue weighted by Crippen LogP contribution is 2.41. The van der Waals surface area contributed by atoms with Crippen molar-refractivity contribution in [2.24, 2.45) is 0 Å². The summed E-state index contributed by atoms with van der Waals surface area (Å²) in [4.78, 5) is 6.86. The van der Waals surface area contributed by atoms with Crippen molar-refractivity contribution in [3.63, 3.8) is 0 Å². The molecule has 5 heteroatoms. The van der Waals surface area contributed by atoms with Gasteiger partial charge in [-0.15, -0.1) is 0 Å². The van der Waals surface area contributed by atoms with Crippen LogP contribution in [0.25, 0.3) is 22.0 Å². The molecular weight excluding hydrogens is 397 g/mol. The van der Waals surface area contributed by atoms with Crippen LogP contribution in [-0.4, -0.2) is 10.7 Å². The third-order valence-electron chi connectivity index (χ3n) is 5.79. The van der Waals surface area contributed by atoms with Crippen molar-refractivity contribution in [1.82, 2.24) is 4.98 Å². The van der Waals surface area contributed by atoms with E-state index < -0.39 is 11.7 Å². The number of aromatic amines is 1. The lowest BCUT2D eigenvalue weighted by Crippen LogP contribution is -2.62. The van der Waals surface area contributed by atoms with Gasteiger partial charge >= 0.3 is 6.18 Å². The first-order valence-corrected chi connectivity index (χ1v) is 10.0. The Kier molecular flexibility index (Phi) is 4.36. The van der Waals surface area contributed by atoms with Crippen molar-refractivity contribution < 1.29 is 18.2 Å². The number of hydrogen-bond acceptors (Lipinski definition) is 0. The van der Waals surface area contributed by atoms with Crippen molar-refractivity contribution in [3.05, 3.63) is 101 Å². The van der Waals surface area contributed by atoms with Gasteiger partial charge < -0.3 is 4.98 Å². The van der Waals surface area contributed by atoms with Crippen LogP contribution in [0.5, 0.6) is 0 Å². The van der Waals surface area contributed by atoms with E-state index in [-0.39, 0.29) is 0 Å². The number of rotatable bonds is 2. The van der Waals surface area contributed by atoms with E-state index in [9.17, 15) is 13.2 Å². The number of alkyl halides is 3. The molecule has 0 saturated heterocycles. The van der Waals surface area contributed by atoms with Gasteiger partial charge in [-0.2, -0.15) is 13.2 Å². The van der Waals surface area contributed by atoms with Gasteiger partial charge in [-0.05, 0) is 36.8 Å². The zero-order valence-electron chi connectivity index (χ0n) is 17.1. The minimum Gasteiger partial charge on any atom is -0.358 e. The number of para-hydroxylation sites is 2. The lowest BCUT2D eigenvalue weighted by molar-refractivity contribution is -0.349. The van der Waals surface area contributed by atoms with Crippen LogP contribution in [-0.2, 0) is 6.18 Å². The fraction of sp³-hybridized carbons (Fsp3) is 0.115. The Morgan fingerprint density at radius 3 is 2.26 bits per heavy atom.